The maximum absolute atomic E-state index is 13.1. The fourth-order valence-corrected chi connectivity index (χ4v) is 3.50. The number of nitrogens with two attached hydrogens (primary N) is 1. The van der Waals surface area contributed by atoms with Crippen molar-refractivity contribution in [2.75, 3.05) is 12.3 Å². The molecule has 0 aliphatic carbocycles. The Balaban J connectivity index is 1.94. The first-order valence-electron chi connectivity index (χ1n) is 11.7. The highest BCUT2D eigenvalue weighted by atomic mass is 16.7. The Hall–Kier alpha value is -3.10. The molecule has 8 heteroatoms. The second-order valence-corrected chi connectivity index (χ2v) is 10.7. The summed E-state index contributed by atoms with van der Waals surface area (Å²) in [6.45, 7) is 13.4. The topological polar surface area (TPSA) is 99.9 Å². The summed E-state index contributed by atoms with van der Waals surface area (Å²) in [5, 5.41) is 2.78. The fourth-order valence-electron chi connectivity index (χ4n) is 3.50. The monoisotopic (exact) mass is 478 g/mol. The van der Waals surface area contributed by atoms with E-state index in [9.17, 15) is 9.59 Å². The second-order valence-electron chi connectivity index (χ2n) is 10.7. The lowest BCUT2D eigenvalue weighted by molar-refractivity contribution is 0.00578. The number of rotatable bonds is 6. The molecule has 2 aromatic carbocycles. The van der Waals surface area contributed by atoms with Crippen LogP contribution in [0, 0.1) is 0 Å². The average Bonchev–Trinajstić information content (AvgIpc) is 2.98. The first-order chi connectivity index (χ1) is 16.2. The predicted molar refractivity (Wildman–Crippen MR) is 139 cm³/mol. The molecule has 1 aliphatic heterocycles. The Bertz CT molecular complexity index is 1100. The van der Waals surface area contributed by atoms with Gasteiger partial charge in [-0.05, 0) is 71.6 Å². The van der Waals surface area contributed by atoms with E-state index in [4.69, 9.17) is 19.8 Å². The number of ketones is 1. The van der Waals surface area contributed by atoms with Gasteiger partial charge in [0.1, 0.15) is 5.60 Å². The van der Waals surface area contributed by atoms with Gasteiger partial charge >= 0.3 is 13.2 Å². The minimum absolute atomic E-state index is 0.137. The van der Waals surface area contributed by atoms with E-state index in [2.05, 4.69) is 5.32 Å². The summed E-state index contributed by atoms with van der Waals surface area (Å²) in [7, 11) is -0.694. The summed E-state index contributed by atoms with van der Waals surface area (Å²) in [4.78, 5) is 25.4. The molecule has 35 heavy (non-hydrogen) atoms. The lowest BCUT2D eigenvalue weighted by Gasteiger charge is -2.32. The van der Waals surface area contributed by atoms with E-state index in [0.717, 1.165) is 5.56 Å². The molecule has 1 amide bonds. The van der Waals surface area contributed by atoms with Crippen molar-refractivity contribution >= 4 is 30.8 Å². The number of carbonyl (C=O) groups is 2. The van der Waals surface area contributed by atoms with Gasteiger partial charge in [-0.3, -0.25) is 4.79 Å². The number of hydrogen-bond donors (Lipinski definition) is 2. The number of nitrogen functional groups attached to an aromatic ring is 1. The van der Waals surface area contributed by atoms with Crippen LogP contribution in [0.25, 0.3) is 6.08 Å². The molecule has 0 spiro atoms. The van der Waals surface area contributed by atoms with Crippen LogP contribution in [0.4, 0.5) is 10.5 Å². The Morgan fingerprint density at radius 2 is 1.63 bits per heavy atom. The van der Waals surface area contributed by atoms with Gasteiger partial charge in [-0.25, -0.2) is 4.79 Å². The second kappa shape index (κ2) is 9.87. The number of anilines is 1. The van der Waals surface area contributed by atoms with Crippen molar-refractivity contribution in [2.45, 2.75) is 65.3 Å². The molecular formula is C27H35BN2O5. The molecule has 1 aliphatic rings. The Morgan fingerprint density at radius 3 is 2.20 bits per heavy atom. The zero-order valence-corrected chi connectivity index (χ0v) is 21.6. The van der Waals surface area contributed by atoms with Gasteiger partial charge in [0.25, 0.3) is 0 Å². The summed E-state index contributed by atoms with van der Waals surface area (Å²) >= 11 is 0. The van der Waals surface area contributed by atoms with Gasteiger partial charge in [0, 0.05) is 23.4 Å². The first kappa shape index (κ1) is 26.5. The fraction of sp³-hybridized carbons (Fsp3) is 0.407. The molecule has 3 N–H and O–H groups in total. The molecule has 3 rings (SSSR count). The highest BCUT2D eigenvalue weighted by Crippen LogP contribution is 2.39. The van der Waals surface area contributed by atoms with Crippen LogP contribution in [0.1, 0.15) is 70.0 Å². The summed E-state index contributed by atoms with van der Waals surface area (Å²) < 4.78 is 17.8. The third-order valence-electron chi connectivity index (χ3n) is 6.10. The highest BCUT2D eigenvalue weighted by Gasteiger charge is 2.52. The third kappa shape index (κ3) is 6.53. The zero-order valence-electron chi connectivity index (χ0n) is 21.6. The molecule has 0 radical (unpaired) electrons. The molecule has 186 valence electrons. The Kier molecular flexibility index (Phi) is 7.48. The van der Waals surface area contributed by atoms with Crippen molar-refractivity contribution in [2.24, 2.45) is 0 Å². The van der Waals surface area contributed by atoms with Crippen molar-refractivity contribution in [1.29, 1.82) is 0 Å². The van der Waals surface area contributed by atoms with Crippen molar-refractivity contribution in [1.82, 2.24) is 5.32 Å². The van der Waals surface area contributed by atoms with E-state index >= 15 is 0 Å². The van der Waals surface area contributed by atoms with Crippen LogP contribution in [0.5, 0.6) is 0 Å². The standard InChI is InChI=1S/C27H35BN2O5/c1-25(2,3)33-24(32)30-17-20(28-34-26(4,5)27(6,7)35-28)15-18-13-14-22(29)21(16-18)23(31)19-11-9-8-10-12-19/h8-16H,17,29H2,1-7H3,(H,30,32). The zero-order chi connectivity index (χ0) is 26.0. The van der Waals surface area contributed by atoms with Crippen LogP contribution in [0.3, 0.4) is 0 Å². The van der Waals surface area contributed by atoms with Crippen molar-refractivity contribution in [3.63, 3.8) is 0 Å². The molecule has 2 aromatic rings. The largest absolute Gasteiger partial charge is 0.492 e. The van der Waals surface area contributed by atoms with Gasteiger partial charge in [0.15, 0.2) is 5.78 Å². The van der Waals surface area contributed by atoms with Gasteiger partial charge < -0.3 is 25.1 Å². The molecule has 0 atom stereocenters. The van der Waals surface area contributed by atoms with E-state index in [1.807, 2.05) is 58.0 Å². The predicted octanol–water partition coefficient (Wildman–Crippen LogP) is 5.04. The average molecular weight is 478 g/mol. The number of amides is 1. The highest BCUT2D eigenvalue weighted by molar-refractivity contribution is 6.56. The number of hydrogen-bond acceptors (Lipinski definition) is 6. The van der Waals surface area contributed by atoms with Gasteiger partial charge in [-0.1, -0.05) is 42.5 Å². The van der Waals surface area contributed by atoms with Crippen molar-refractivity contribution in [3.8, 4) is 0 Å². The normalized spacial score (nSPS) is 17.2. The minimum Gasteiger partial charge on any atom is -0.444 e. The summed E-state index contributed by atoms with van der Waals surface area (Å²) in [6, 6.07) is 14.2. The molecule has 1 fully saturated rings. The van der Waals surface area contributed by atoms with Gasteiger partial charge in [-0.2, -0.15) is 0 Å². The smallest absolute Gasteiger partial charge is 0.444 e. The maximum Gasteiger partial charge on any atom is 0.492 e. The molecule has 0 bridgehead atoms. The van der Waals surface area contributed by atoms with E-state index in [-0.39, 0.29) is 12.3 Å². The molecular weight excluding hydrogens is 443 g/mol. The molecule has 0 aromatic heterocycles. The van der Waals surface area contributed by atoms with Gasteiger partial charge in [0.2, 0.25) is 0 Å². The Morgan fingerprint density at radius 1 is 1.03 bits per heavy atom. The third-order valence-corrected chi connectivity index (χ3v) is 6.10. The summed E-state index contributed by atoms with van der Waals surface area (Å²) in [5.74, 6) is -0.164. The minimum atomic E-state index is -0.694. The molecule has 1 saturated heterocycles. The van der Waals surface area contributed by atoms with Crippen molar-refractivity contribution in [3.05, 3.63) is 70.7 Å². The van der Waals surface area contributed by atoms with E-state index in [1.165, 1.54) is 0 Å². The summed E-state index contributed by atoms with van der Waals surface area (Å²) in [6.07, 6.45) is 1.30. The number of alkyl carbamates (subject to hydrolysis) is 1. The SMILES string of the molecule is CC(C)(C)OC(=O)NCC(=Cc1ccc(N)c(C(=O)c2ccccc2)c1)B1OC(C)(C)C(C)(C)O1. The van der Waals surface area contributed by atoms with Crippen LogP contribution < -0.4 is 11.1 Å². The number of nitrogens with one attached hydrogen (secondary N) is 1. The lowest BCUT2D eigenvalue weighted by Crippen LogP contribution is -2.41. The molecule has 1 heterocycles. The van der Waals surface area contributed by atoms with E-state index < -0.39 is 30.0 Å². The molecule has 0 saturated carbocycles. The van der Waals surface area contributed by atoms with Gasteiger partial charge in [-0.15, -0.1) is 0 Å². The Labute approximate surface area is 208 Å². The maximum atomic E-state index is 13.1. The quantitative estimate of drug-likeness (QED) is 0.343. The number of carbonyl (C=O) groups excluding carboxylic acids is 2. The van der Waals surface area contributed by atoms with E-state index in [0.29, 0.717) is 22.3 Å². The van der Waals surface area contributed by atoms with Crippen LogP contribution >= 0.6 is 0 Å². The molecule has 0 unspecified atom stereocenters. The number of benzene rings is 2. The lowest BCUT2D eigenvalue weighted by atomic mass is 9.77. The van der Waals surface area contributed by atoms with Crippen LogP contribution in [-0.4, -0.2) is 42.3 Å². The van der Waals surface area contributed by atoms with Crippen LogP contribution in [0.15, 0.2) is 54.0 Å². The van der Waals surface area contributed by atoms with Crippen LogP contribution in [-0.2, 0) is 14.0 Å². The van der Waals surface area contributed by atoms with E-state index in [1.54, 1.807) is 45.0 Å². The summed E-state index contributed by atoms with van der Waals surface area (Å²) in [5.41, 5.74) is 7.16. The number of ether oxygens (including phenoxy) is 1. The van der Waals surface area contributed by atoms with Crippen LogP contribution in [0.2, 0.25) is 0 Å². The van der Waals surface area contributed by atoms with Gasteiger partial charge in [0.05, 0.1) is 11.2 Å². The van der Waals surface area contributed by atoms with Crippen molar-refractivity contribution < 1.29 is 23.6 Å². The first-order valence-corrected chi connectivity index (χ1v) is 11.7. The molecule has 7 nitrogen and oxygen atoms in total.